The molecule has 0 spiro atoms. The molecule has 1 aliphatic heterocycles. The molecule has 0 fully saturated rings. The molecule has 0 unspecified atom stereocenters. The monoisotopic (exact) mass is 255 g/mol. The number of fused-ring (bicyclic) bond motifs is 1. The fourth-order valence-electron chi connectivity index (χ4n) is 1.83. The Morgan fingerprint density at radius 3 is 2.74 bits per heavy atom. The number of benzene rings is 1. The van der Waals surface area contributed by atoms with Crippen molar-refractivity contribution in [3.8, 4) is 0 Å². The molecule has 7 heteroatoms. The van der Waals surface area contributed by atoms with E-state index in [2.05, 4.69) is 20.6 Å². The number of hydrogen-bond donors (Lipinski definition) is 3. The molecule has 0 aliphatic carbocycles. The smallest absolute Gasteiger partial charge is 0.259 e. The third kappa shape index (κ3) is 1.86. The molecule has 2 amide bonds. The first kappa shape index (κ1) is 11.1. The molecule has 2 heterocycles. The van der Waals surface area contributed by atoms with Gasteiger partial charge in [0.05, 0.1) is 23.0 Å². The Morgan fingerprint density at radius 1 is 1.16 bits per heavy atom. The van der Waals surface area contributed by atoms with Gasteiger partial charge in [-0.05, 0) is 18.2 Å². The second kappa shape index (κ2) is 4.05. The zero-order valence-electron chi connectivity index (χ0n) is 9.68. The molecule has 0 radical (unpaired) electrons. The van der Waals surface area contributed by atoms with Crippen molar-refractivity contribution < 1.29 is 9.59 Å². The molecule has 1 aliphatic rings. The number of nitrogens with zero attached hydrogens (tertiary/aromatic N) is 2. The van der Waals surface area contributed by atoms with E-state index in [0.29, 0.717) is 28.3 Å². The first-order chi connectivity index (χ1) is 9.15. The fourth-order valence-corrected chi connectivity index (χ4v) is 1.83. The molecule has 0 atom stereocenters. The van der Waals surface area contributed by atoms with E-state index in [4.69, 9.17) is 5.73 Å². The van der Waals surface area contributed by atoms with Gasteiger partial charge in [0.25, 0.3) is 11.8 Å². The van der Waals surface area contributed by atoms with E-state index in [-0.39, 0.29) is 5.91 Å². The lowest BCUT2D eigenvalue weighted by molar-refractivity contribution is 0.0879. The van der Waals surface area contributed by atoms with Crippen molar-refractivity contribution in [1.82, 2.24) is 15.3 Å². The molecular formula is C12H9N5O2. The van der Waals surface area contributed by atoms with Crippen LogP contribution in [0.1, 0.15) is 20.7 Å². The molecule has 0 saturated heterocycles. The summed E-state index contributed by atoms with van der Waals surface area (Å²) in [5.41, 5.74) is 7.42. The first-order valence-corrected chi connectivity index (χ1v) is 5.47. The standard InChI is InChI=1S/C12H9N5O2/c13-9-4-14-5-15-10(9)16-6-1-2-7-8(3-6)12(19)17-11(7)18/h1-5H,13H2,(H,14,15,16)(H,17,18,19). The second-order valence-electron chi connectivity index (χ2n) is 4.00. The van der Waals surface area contributed by atoms with Crippen LogP contribution in [0.4, 0.5) is 17.2 Å². The summed E-state index contributed by atoms with van der Waals surface area (Å²) in [5.74, 6) is -0.341. The number of anilines is 3. The van der Waals surface area contributed by atoms with Gasteiger partial charge in [-0.1, -0.05) is 0 Å². The van der Waals surface area contributed by atoms with Gasteiger partial charge in [0.1, 0.15) is 6.33 Å². The van der Waals surface area contributed by atoms with Crippen molar-refractivity contribution in [2.24, 2.45) is 0 Å². The van der Waals surface area contributed by atoms with Crippen molar-refractivity contribution in [1.29, 1.82) is 0 Å². The predicted octanol–water partition coefficient (Wildman–Crippen LogP) is 0.686. The minimum atomic E-state index is -0.403. The van der Waals surface area contributed by atoms with Gasteiger partial charge < -0.3 is 11.1 Å². The van der Waals surface area contributed by atoms with E-state index in [1.807, 2.05) is 0 Å². The van der Waals surface area contributed by atoms with Crippen LogP contribution in [0.25, 0.3) is 0 Å². The third-order valence-corrected chi connectivity index (χ3v) is 2.74. The number of nitrogen functional groups attached to an aromatic ring is 1. The van der Waals surface area contributed by atoms with E-state index in [1.54, 1.807) is 18.2 Å². The molecule has 3 rings (SSSR count). The number of carbonyl (C=O) groups excluding carboxylic acids is 2. The maximum atomic E-state index is 11.5. The van der Waals surface area contributed by atoms with Crippen LogP contribution in [-0.4, -0.2) is 21.8 Å². The molecule has 94 valence electrons. The van der Waals surface area contributed by atoms with E-state index in [1.165, 1.54) is 12.5 Å². The minimum absolute atomic E-state index is 0.336. The Bertz CT molecular complexity index is 698. The summed E-state index contributed by atoms with van der Waals surface area (Å²) in [7, 11) is 0. The predicted molar refractivity (Wildman–Crippen MR) is 68.0 cm³/mol. The highest BCUT2D eigenvalue weighted by Crippen LogP contribution is 2.24. The summed E-state index contributed by atoms with van der Waals surface area (Å²) in [5, 5.41) is 5.20. The van der Waals surface area contributed by atoms with Crippen LogP contribution in [0.2, 0.25) is 0 Å². The quantitative estimate of drug-likeness (QED) is 0.681. The molecule has 1 aromatic carbocycles. The van der Waals surface area contributed by atoms with Crippen molar-refractivity contribution in [3.05, 3.63) is 41.9 Å². The van der Waals surface area contributed by atoms with Gasteiger partial charge in [0, 0.05) is 5.69 Å². The summed E-state index contributed by atoms with van der Waals surface area (Å²) in [6.45, 7) is 0. The van der Waals surface area contributed by atoms with Gasteiger partial charge in [-0.15, -0.1) is 0 Å². The van der Waals surface area contributed by atoms with Gasteiger partial charge >= 0.3 is 0 Å². The van der Waals surface area contributed by atoms with E-state index < -0.39 is 5.91 Å². The fraction of sp³-hybridized carbons (Fsp3) is 0. The molecule has 4 N–H and O–H groups in total. The number of aromatic nitrogens is 2. The molecule has 2 aromatic rings. The molecular weight excluding hydrogens is 246 g/mol. The Kier molecular flexibility index (Phi) is 2.38. The third-order valence-electron chi connectivity index (χ3n) is 2.74. The largest absolute Gasteiger partial charge is 0.394 e. The summed E-state index contributed by atoms with van der Waals surface area (Å²) >= 11 is 0. The average Bonchev–Trinajstić information content (AvgIpc) is 2.68. The summed E-state index contributed by atoms with van der Waals surface area (Å²) in [6.07, 6.45) is 2.83. The summed E-state index contributed by atoms with van der Waals surface area (Å²) < 4.78 is 0. The highest BCUT2D eigenvalue weighted by Gasteiger charge is 2.26. The lowest BCUT2D eigenvalue weighted by Gasteiger charge is -2.07. The van der Waals surface area contributed by atoms with Crippen LogP contribution in [0.15, 0.2) is 30.7 Å². The number of imide groups is 1. The number of amides is 2. The van der Waals surface area contributed by atoms with Gasteiger partial charge in [0.15, 0.2) is 5.82 Å². The van der Waals surface area contributed by atoms with E-state index >= 15 is 0 Å². The highest BCUT2D eigenvalue weighted by atomic mass is 16.2. The molecule has 0 saturated carbocycles. The Balaban J connectivity index is 1.96. The van der Waals surface area contributed by atoms with E-state index in [9.17, 15) is 9.59 Å². The van der Waals surface area contributed by atoms with Crippen LogP contribution in [-0.2, 0) is 0 Å². The molecule has 0 bridgehead atoms. The van der Waals surface area contributed by atoms with Crippen molar-refractivity contribution >= 4 is 29.0 Å². The van der Waals surface area contributed by atoms with Gasteiger partial charge in [0.2, 0.25) is 0 Å². The lowest BCUT2D eigenvalue weighted by atomic mass is 10.1. The summed E-state index contributed by atoms with van der Waals surface area (Å²) in [4.78, 5) is 30.7. The Morgan fingerprint density at radius 2 is 1.95 bits per heavy atom. The van der Waals surface area contributed by atoms with E-state index in [0.717, 1.165) is 0 Å². The number of nitrogens with two attached hydrogens (primary N) is 1. The average molecular weight is 255 g/mol. The Labute approximate surface area is 107 Å². The Hall–Kier alpha value is -2.96. The number of hydrogen-bond acceptors (Lipinski definition) is 6. The normalized spacial score (nSPS) is 13.1. The van der Waals surface area contributed by atoms with Crippen molar-refractivity contribution in [2.45, 2.75) is 0 Å². The molecule has 19 heavy (non-hydrogen) atoms. The van der Waals surface area contributed by atoms with Crippen LogP contribution in [0.5, 0.6) is 0 Å². The van der Waals surface area contributed by atoms with Crippen LogP contribution >= 0.6 is 0 Å². The maximum Gasteiger partial charge on any atom is 0.259 e. The zero-order valence-corrected chi connectivity index (χ0v) is 9.68. The molecule has 7 nitrogen and oxygen atoms in total. The zero-order chi connectivity index (χ0) is 13.4. The highest BCUT2D eigenvalue weighted by molar-refractivity contribution is 6.21. The van der Waals surface area contributed by atoms with Gasteiger partial charge in [-0.3, -0.25) is 14.9 Å². The van der Waals surface area contributed by atoms with Crippen LogP contribution in [0, 0.1) is 0 Å². The molecule has 1 aromatic heterocycles. The second-order valence-corrected chi connectivity index (χ2v) is 4.00. The van der Waals surface area contributed by atoms with Crippen LogP contribution in [0.3, 0.4) is 0 Å². The van der Waals surface area contributed by atoms with Crippen molar-refractivity contribution in [3.63, 3.8) is 0 Å². The number of carbonyl (C=O) groups is 2. The number of rotatable bonds is 2. The van der Waals surface area contributed by atoms with Crippen molar-refractivity contribution in [2.75, 3.05) is 11.1 Å². The minimum Gasteiger partial charge on any atom is -0.394 e. The topological polar surface area (TPSA) is 110 Å². The van der Waals surface area contributed by atoms with Gasteiger partial charge in [-0.25, -0.2) is 9.97 Å². The van der Waals surface area contributed by atoms with Crippen LogP contribution < -0.4 is 16.4 Å². The first-order valence-electron chi connectivity index (χ1n) is 5.47. The summed E-state index contributed by atoms with van der Waals surface area (Å²) in [6, 6.07) is 4.84. The SMILES string of the molecule is Nc1cncnc1Nc1ccc2c(c1)C(=O)NC2=O. The maximum absolute atomic E-state index is 11.5. The number of nitrogens with one attached hydrogen (secondary N) is 2. The van der Waals surface area contributed by atoms with Gasteiger partial charge in [-0.2, -0.15) is 0 Å². The lowest BCUT2D eigenvalue weighted by Crippen LogP contribution is -2.19.